The molecular formula is C9H10INO3. The minimum Gasteiger partial charge on any atom is -0.506 e. The highest BCUT2D eigenvalue weighted by Crippen LogP contribution is 2.29. The van der Waals surface area contributed by atoms with E-state index in [1.54, 1.807) is 18.2 Å². The number of hydrogen-bond donors (Lipinski definition) is 3. The molecule has 0 amide bonds. The number of para-hydroxylation sites is 1. The zero-order valence-corrected chi connectivity index (χ0v) is 9.43. The maximum atomic E-state index is 10.4. The Morgan fingerprint density at radius 2 is 2.21 bits per heavy atom. The van der Waals surface area contributed by atoms with Crippen molar-refractivity contribution in [3.8, 4) is 5.75 Å². The second kappa shape index (κ2) is 4.61. The number of carbonyl (C=O) groups is 1. The number of hydrogen-bond acceptors (Lipinski definition) is 3. The van der Waals surface area contributed by atoms with E-state index in [4.69, 9.17) is 10.8 Å². The number of aromatic hydroxyl groups is 1. The molecule has 0 fully saturated rings. The number of phenolic OH excluding ortho intramolecular Hbond substituents is 1. The first-order chi connectivity index (χ1) is 6.52. The summed E-state index contributed by atoms with van der Waals surface area (Å²) in [7, 11) is 0. The molecule has 0 aliphatic heterocycles. The Labute approximate surface area is 94.9 Å². The van der Waals surface area contributed by atoms with Crippen molar-refractivity contribution in [3.63, 3.8) is 0 Å². The fourth-order valence-corrected chi connectivity index (χ4v) is 1.65. The SMILES string of the molecule is NC(CC(=O)O)c1cccc(I)c1O. The lowest BCUT2D eigenvalue weighted by atomic mass is 10.0. The largest absolute Gasteiger partial charge is 0.506 e. The Morgan fingerprint density at radius 1 is 1.57 bits per heavy atom. The molecule has 1 aromatic carbocycles. The van der Waals surface area contributed by atoms with E-state index in [9.17, 15) is 9.90 Å². The summed E-state index contributed by atoms with van der Waals surface area (Å²) >= 11 is 1.96. The van der Waals surface area contributed by atoms with Gasteiger partial charge in [0.2, 0.25) is 0 Å². The van der Waals surface area contributed by atoms with Crippen LogP contribution in [-0.4, -0.2) is 16.2 Å². The standard InChI is InChI=1S/C9H10INO3/c10-6-3-1-2-5(9(6)14)7(11)4-8(12)13/h1-3,7,14H,4,11H2,(H,12,13). The number of carboxylic acid groups (broad SMARTS) is 1. The second-order valence-electron chi connectivity index (χ2n) is 2.88. The van der Waals surface area contributed by atoms with Crippen LogP contribution in [0.5, 0.6) is 5.75 Å². The molecule has 1 atom stereocenters. The van der Waals surface area contributed by atoms with Gasteiger partial charge in [0.1, 0.15) is 5.75 Å². The van der Waals surface area contributed by atoms with Gasteiger partial charge >= 0.3 is 5.97 Å². The van der Waals surface area contributed by atoms with Crippen molar-refractivity contribution >= 4 is 28.6 Å². The predicted molar refractivity (Wildman–Crippen MR) is 60.0 cm³/mol. The molecule has 0 saturated heterocycles. The minimum absolute atomic E-state index is 0.0712. The van der Waals surface area contributed by atoms with Gasteiger partial charge in [0, 0.05) is 11.6 Å². The molecule has 0 aromatic heterocycles. The van der Waals surface area contributed by atoms with Gasteiger partial charge in [-0.1, -0.05) is 12.1 Å². The molecule has 0 aliphatic rings. The third-order valence-electron chi connectivity index (χ3n) is 1.81. The maximum Gasteiger partial charge on any atom is 0.305 e. The summed E-state index contributed by atoms with van der Waals surface area (Å²) in [5.74, 6) is -0.905. The van der Waals surface area contributed by atoms with E-state index in [0.29, 0.717) is 9.13 Å². The van der Waals surface area contributed by atoms with Crippen LogP contribution >= 0.6 is 22.6 Å². The molecule has 4 nitrogen and oxygen atoms in total. The van der Waals surface area contributed by atoms with Crippen molar-refractivity contribution in [2.75, 3.05) is 0 Å². The average molecular weight is 307 g/mol. The van der Waals surface area contributed by atoms with Gasteiger partial charge in [-0.3, -0.25) is 4.79 Å². The van der Waals surface area contributed by atoms with Crippen LogP contribution in [0.2, 0.25) is 0 Å². The predicted octanol–water partition coefficient (Wildman–Crippen LogP) is 1.47. The van der Waals surface area contributed by atoms with Gasteiger partial charge in [0.25, 0.3) is 0 Å². The highest BCUT2D eigenvalue weighted by atomic mass is 127. The lowest BCUT2D eigenvalue weighted by Crippen LogP contribution is -2.15. The van der Waals surface area contributed by atoms with Crippen molar-refractivity contribution < 1.29 is 15.0 Å². The molecule has 0 spiro atoms. The van der Waals surface area contributed by atoms with E-state index in [1.807, 2.05) is 22.6 Å². The normalized spacial score (nSPS) is 12.4. The van der Waals surface area contributed by atoms with Gasteiger partial charge < -0.3 is 15.9 Å². The zero-order valence-electron chi connectivity index (χ0n) is 7.27. The molecule has 0 heterocycles. The summed E-state index contributed by atoms with van der Waals surface area (Å²) in [5, 5.41) is 18.1. The number of phenols is 1. The van der Waals surface area contributed by atoms with Crippen LogP contribution in [0.25, 0.3) is 0 Å². The van der Waals surface area contributed by atoms with Gasteiger partial charge in [0.05, 0.1) is 9.99 Å². The maximum absolute atomic E-state index is 10.4. The summed E-state index contributed by atoms with van der Waals surface area (Å²) < 4.78 is 0.668. The number of benzene rings is 1. The summed E-state index contributed by atoms with van der Waals surface area (Å²) in [6.07, 6.45) is -0.187. The Kier molecular flexibility index (Phi) is 3.70. The lowest BCUT2D eigenvalue weighted by molar-refractivity contribution is -0.137. The summed E-state index contributed by atoms with van der Waals surface area (Å²) in [4.78, 5) is 10.4. The van der Waals surface area contributed by atoms with Gasteiger partial charge in [-0.25, -0.2) is 0 Å². The molecule has 4 N–H and O–H groups in total. The minimum atomic E-state index is -0.976. The van der Waals surface area contributed by atoms with Crippen LogP contribution in [0.15, 0.2) is 18.2 Å². The van der Waals surface area contributed by atoms with Crippen LogP contribution in [0, 0.1) is 3.57 Å². The first-order valence-electron chi connectivity index (χ1n) is 3.97. The molecule has 0 radical (unpaired) electrons. The summed E-state index contributed by atoms with van der Waals surface area (Å²) in [5.41, 5.74) is 6.09. The second-order valence-corrected chi connectivity index (χ2v) is 4.04. The van der Waals surface area contributed by atoms with Crippen LogP contribution in [0.3, 0.4) is 0 Å². The first kappa shape index (κ1) is 11.3. The molecule has 76 valence electrons. The Morgan fingerprint density at radius 3 is 2.79 bits per heavy atom. The quantitative estimate of drug-likeness (QED) is 0.739. The number of halogens is 1. The van der Waals surface area contributed by atoms with Gasteiger partial charge in [-0.2, -0.15) is 0 Å². The molecule has 0 saturated carbocycles. The fraction of sp³-hybridized carbons (Fsp3) is 0.222. The van der Waals surface area contributed by atoms with Crippen LogP contribution in [0.1, 0.15) is 18.0 Å². The van der Waals surface area contributed by atoms with Gasteiger partial charge in [-0.15, -0.1) is 0 Å². The molecule has 0 aliphatic carbocycles. The molecule has 1 unspecified atom stereocenters. The van der Waals surface area contributed by atoms with E-state index in [-0.39, 0.29) is 12.2 Å². The highest BCUT2D eigenvalue weighted by Gasteiger charge is 2.15. The summed E-state index contributed by atoms with van der Waals surface area (Å²) in [6, 6.07) is 4.43. The van der Waals surface area contributed by atoms with Gasteiger partial charge in [-0.05, 0) is 28.7 Å². The van der Waals surface area contributed by atoms with Gasteiger partial charge in [0.15, 0.2) is 0 Å². The molecule has 0 bridgehead atoms. The van der Waals surface area contributed by atoms with E-state index in [1.165, 1.54) is 0 Å². The fourth-order valence-electron chi connectivity index (χ4n) is 1.13. The van der Waals surface area contributed by atoms with E-state index in [2.05, 4.69) is 0 Å². The first-order valence-corrected chi connectivity index (χ1v) is 5.05. The van der Waals surface area contributed by atoms with Crippen LogP contribution in [0.4, 0.5) is 0 Å². The van der Waals surface area contributed by atoms with E-state index < -0.39 is 12.0 Å². The Hall–Kier alpha value is -0.820. The molecular weight excluding hydrogens is 297 g/mol. The van der Waals surface area contributed by atoms with Crippen molar-refractivity contribution in [1.29, 1.82) is 0 Å². The third-order valence-corrected chi connectivity index (χ3v) is 2.68. The number of aliphatic carboxylic acids is 1. The molecule has 1 aromatic rings. The number of rotatable bonds is 3. The highest BCUT2D eigenvalue weighted by molar-refractivity contribution is 14.1. The van der Waals surface area contributed by atoms with Crippen LogP contribution in [-0.2, 0) is 4.79 Å². The van der Waals surface area contributed by atoms with Crippen molar-refractivity contribution in [2.45, 2.75) is 12.5 Å². The number of carboxylic acids is 1. The third kappa shape index (κ3) is 2.58. The topological polar surface area (TPSA) is 83.6 Å². The molecule has 14 heavy (non-hydrogen) atoms. The summed E-state index contributed by atoms with van der Waals surface area (Å²) in [6.45, 7) is 0. The Balaban J connectivity index is 2.95. The monoisotopic (exact) mass is 307 g/mol. The van der Waals surface area contributed by atoms with Crippen molar-refractivity contribution in [2.24, 2.45) is 5.73 Å². The zero-order chi connectivity index (χ0) is 10.7. The average Bonchev–Trinajstić information content (AvgIpc) is 2.08. The van der Waals surface area contributed by atoms with Crippen molar-refractivity contribution in [3.05, 3.63) is 27.3 Å². The van der Waals surface area contributed by atoms with Crippen molar-refractivity contribution in [1.82, 2.24) is 0 Å². The lowest BCUT2D eigenvalue weighted by Gasteiger charge is -2.11. The Bertz CT molecular complexity index is 354. The van der Waals surface area contributed by atoms with Crippen LogP contribution < -0.4 is 5.73 Å². The van der Waals surface area contributed by atoms with E-state index >= 15 is 0 Å². The van der Waals surface area contributed by atoms with E-state index in [0.717, 1.165) is 0 Å². The smallest absolute Gasteiger partial charge is 0.305 e. The molecule has 1 rings (SSSR count). The molecule has 5 heteroatoms. The number of nitrogens with two attached hydrogens (primary N) is 1.